The van der Waals surface area contributed by atoms with Gasteiger partial charge >= 0.3 is 5.97 Å². The molecule has 1 aliphatic rings. The first kappa shape index (κ1) is 27.2. The van der Waals surface area contributed by atoms with E-state index in [0.29, 0.717) is 43.5 Å². The van der Waals surface area contributed by atoms with Crippen molar-refractivity contribution in [3.63, 3.8) is 0 Å². The molecule has 3 heterocycles. The van der Waals surface area contributed by atoms with Crippen LogP contribution in [0.1, 0.15) is 35.9 Å². The molecule has 6 nitrogen and oxygen atoms in total. The van der Waals surface area contributed by atoms with Gasteiger partial charge in [0, 0.05) is 15.5 Å². The van der Waals surface area contributed by atoms with Crippen LogP contribution in [-0.2, 0) is 16.1 Å². The summed E-state index contributed by atoms with van der Waals surface area (Å²) in [7, 11) is 0. The van der Waals surface area contributed by atoms with Gasteiger partial charge in [-0.2, -0.15) is 0 Å². The summed E-state index contributed by atoms with van der Waals surface area (Å²) in [5, 5.41) is 4.72. The Kier molecular flexibility index (Phi) is 7.62. The van der Waals surface area contributed by atoms with E-state index in [2.05, 4.69) is 23.2 Å². The number of allylic oxidation sites excluding steroid dienone is 1. The first-order chi connectivity index (χ1) is 19.9. The van der Waals surface area contributed by atoms with E-state index in [1.165, 1.54) is 22.7 Å². The lowest BCUT2D eigenvalue weighted by Crippen LogP contribution is -2.39. The second-order valence-electron chi connectivity index (χ2n) is 9.43. The molecular weight excluding hydrogens is 576 g/mol. The van der Waals surface area contributed by atoms with Crippen molar-refractivity contribution < 1.29 is 14.3 Å². The first-order valence-electron chi connectivity index (χ1n) is 13.1. The molecule has 2 aromatic heterocycles. The molecular formula is C32H25ClN2O4S2. The van der Waals surface area contributed by atoms with E-state index in [1.807, 2.05) is 47.8 Å². The maximum Gasteiger partial charge on any atom is 0.338 e. The minimum absolute atomic E-state index is 0.230. The van der Waals surface area contributed by atoms with Crippen LogP contribution in [0.2, 0.25) is 5.02 Å². The summed E-state index contributed by atoms with van der Waals surface area (Å²) in [5.41, 5.74) is 2.39. The SMILES string of the molecule is CCOC(=O)C1=C(C)N=c2s/c(=C\c3cc(Cl)ccc3OCc3cccc4ccccc34)c(=O)n2[C@H]1c1cccs1. The van der Waals surface area contributed by atoms with E-state index in [-0.39, 0.29) is 12.2 Å². The van der Waals surface area contributed by atoms with Gasteiger partial charge in [0.05, 0.1) is 22.4 Å². The minimum atomic E-state index is -0.617. The number of carbonyl (C=O) groups is 1. The summed E-state index contributed by atoms with van der Waals surface area (Å²) < 4.78 is 13.7. The monoisotopic (exact) mass is 600 g/mol. The van der Waals surface area contributed by atoms with Crippen LogP contribution in [0.15, 0.2) is 99.2 Å². The van der Waals surface area contributed by atoms with Crippen molar-refractivity contribution in [1.29, 1.82) is 0 Å². The predicted molar refractivity (Wildman–Crippen MR) is 164 cm³/mol. The third kappa shape index (κ3) is 5.26. The largest absolute Gasteiger partial charge is 0.488 e. The van der Waals surface area contributed by atoms with E-state index < -0.39 is 12.0 Å². The van der Waals surface area contributed by atoms with Crippen LogP contribution in [0.25, 0.3) is 16.8 Å². The van der Waals surface area contributed by atoms with Crippen molar-refractivity contribution in [2.45, 2.75) is 26.5 Å². The standard InChI is InChI=1S/C32H25ClN2O4S2/c1-3-38-31(37)28-19(2)34-32-35(29(28)26-12-7-15-40-26)30(36)27(41-32)17-22-16-23(33)13-14-25(22)39-18-21-10-6-9-20-8-4-5-11-24(20)21/h4-17,29H,3,18H2,1-2H3/b27-17-/t29-/m0/s1. The molecule has 0 radical (unpaired) electrons. The lowest BCUT2D eigenvalue weighted by molar-refractivity contribution is -0.139. The minimum Gasteiger partial charge on any atom is -0.488 e. The highest BCUT2D eigenvalue weighted by Crippen LogP contribution is 2.33. The highest BCUT2D eigenvalue weighted by molar-refractivity contribution is 7.10. The number of aromatic nitrogens is 1. The fourth-order valence-corrected chi connectivity index (χ4v) is 7.03. The Balaban J connectivity index is 1.42. The van der Waals surface area contributed by atoms with Gasteiger partial charge in [-0.15, -0.1) is 11.3 Å². The maximum absolute atomic E-state index is 13.9. The van der Waals surface area contributed by atoms with Crippen LogP contribution in [-0.4, -0.2) is 17.1 Å². The molecule has 3 aromatic carbocycles. The lowest BCUT2D eigenvalue weighted by Gasteiger charge is -2.23. The van der Waals surface area contributed by atoms with Crippen molar-refractivity contribution in [2.24, 2.45) is 4.99 Å². The van der Waals surface area contributed by atoms with Crippen molar-refractivity contribution >= 4 is 57.1 Å². The van der Waals surface area contributed by atoms with Crippen molar-refractivity contribution in [3.05, 3.63) is 130 Å². The summed E-state index contributed by atoms with van der Waals surface area (Å²) in [6.07, 6.45) is 1.78. The van der Waals surface area contributed by atoms with Gasteiger partial charge in [-0.1, -0.05) is 71.5 Å². The topological polar surface area (TPSA) is 69.9 Å². The molecule has 0 amide bonds. The second-order valence-corrected chi connectivity index (χ2v) is 11.9. The Morgan fingerprint density at radius 1 is 1.10 bits per heavy atom. The number of rotatable bonds is 7. The Morgan fingerprint density at radius 2 is 1.93 bits per heavy atom. The molecule has 0 saturated heterocycles. The zero-order valence-electron chi connectivity index (χ0n) is 22.3. The fourth-order valence-electron chi connectivity index (χ4n) is 4.99. The fraction of sp³-hybridized carbons (Fsp3) is 0.156. The van der Waals surface area contributed by atoms with Crippen LogP contribution in [0.5, 0.6) is 5.75 Å². The van der Waals surface area contributed by atoms with Crippen molar-refractivity contribution in [1.82, 2.24) is 4.57 Å². The maximum atomic E-state index is 13.9. The molecule has 0 spiro atoms. The number of thiazole rings is 1. The molecule has 1 aliphatic heterocycles. The second kappa shape index (κ2) is 11.5. The number of fused-ring (bicyclic) bond motifs is 2. The summed E-state index contributed by atoms with van der Waals surface area (Å²) >= 11 is 9.13. The molecule has 0 N–H and O–H groups in total. The molecule has 0 bridgehead atoms. The van der Waals surface area contributed by atoms with Crippen LogP contribution < -0.4 is 19.6 Å². The van der Waals surface area contributed by atoms with Gasteiger partial charge in [0.25, 0.3) is 5.56 Å². The van der Waals surface area contributed by atoms with E-state index >= 15 is 0 Å². The average molecular weight is 601 g/mol. The molecule has 5 aromatic rings. The van der Waals surface area contributed by atoms with Gasteiger partial charge in [0.2, 0.25) is 0 Å². The van der Waals surface area contributed by atoms with E-state index in [4.69, 9.17) is 21.1 Å². The van der Waals surface area contributed by atoms with Crippen LogP contribution in [0.4, 0.5) is 0 Å². The molecule has 9 heteroatoms. The Labute approximate surface area is 249 Å². The van der Waals surface area contributed by atoms with Gasteiger partial charge in [-0.25, -0.2) is 9.79 Å². The predicted octanol–water partition coefficient (Wildman–Crippen LogP) is 6.25. The molecule has 41 heavy (non-hydrogen) atoms. The summed E-state index contributed by atoms with van der Waals surface area (Å²) in [6, 6.07) is 22.9. The summed E-state index contributed by atoms with van der Waals surface area (Å²) in [5.74, 6) is 0.131. The molecule has 0 unspecified atom stereocenters. The van der Waals surface area contributed by atoms with E-state index in [1.54, 1.807) is 36.6 Å². The summed E-state index contributed by atoms with van der Waals surface area (Å²) in [6.45, 7) is 4.12. The molecule has 0 fully saturated rings. The van der Waals surface area contributed by atoms with Gasteiger partial charge in [-0.3, -0.25) is 9.36 Å². The number of nitrogens with zero attached hydrogens (tertiary/aromatic N) is 2. The zero-order chi connectivity index (χ0) is 28.5. The Bertz CT molecular complexity index is 1980. The molecule has 206 valence electrons. The molecule has 6 rings (SSSR count). The zero-order valence-corrected chi connectivity index (χ0v) is 24.7. The Morgan fingerprint density at radius 3 is 2.73 bits per heavy atom. The van der Waals surface area contributed by atoms with Gasteiger partial charge in [0.1, 0.15) is 18.4 Å². The smallest absolute Gasteiger partial charge is 0.338 e. The van der Waals surface area contributed by atoms with Gasteiger partial charge in [-0.05, 0) is 65.9 Å². The number of ether oxygens (including phenoxy) is 2. The van der Waals surface area contributed by atoms with Gasteiger partial charge < -0.3 is 9.47 Å². The number of esters is 1. The van der Waals surface area contributed by atoms with E-state index in [0.717, 1.165) is 21.2 Å². The number of carbonyl (C=O) groups excluding carboxylic acids is 1. The third-order valence-electron chi connectivity index (χ3n) is 6.85. The number of thiophene rings is 1. The molecule has 1 atom stereocenters. The molecule has 0 aliphatic carbocycles. The highest BCUT2D eigenvalue weighted by Gasteiger charge is 2.33. The normalized spacial score (nSPS) is 15.1. The van der Waals surface area contributed by atoms with Crippen molar-refractivity contribution in [3.8, 4) is 5.75 Å². The quantitative estimate of drug-likeness (QED) is 0.207. The number of hydrogen-bond donors (Lipinski definition) is 0. The number of benzene rings is 3. The van der Waals surface area contributed by atoms with Crippen LogP contribution in [0, 0.1) is 0 Å². The average Bonchev–Trinajstić information content (AvgIpc) is 3.60. The summed E-state index contributed by atoms with van der Waals surface area (Å²) in [4.78, 5) is 32.9. The van der Waals surface area contributed by atoms with Crippen molar-refractivity contribution in [2.75, 3.05) is 6.61 Å². The van der Waals surface area contributed by atoms with Crippen LogP contribution in [0.3, 0.4) is 0 Å². The van der Waals surface area contributed by atoms with Crippen LogP contribution >= 0.6 is 34.3 Å². The highest BCUT2D eigenvalue weighted by atomic mass is 35.5. The molecule has 0 saturated carbocycles. The van der Waals surface area contributed by atoms with Gasteiger partial charge in [0.15, 0.2) is 4.80 Å². The number of halogens is 1. The Hall–Kier alpha value is -3.98. The lowest BCUT2D eigenvalue weighted by atomic mass is 10.0. The first-order valence-corrected chi connectivity index (χ1v) is 15.1. The van der Waals surface area contributed by atoms with E-state index in [9.17, 15) is 9.59 Å². The third-order valence-corrected chi connectivity index (χ3v) is 8.99. The number of hydrogen-bond acceptors (Lipinski definition) is 7.